The van der Waals surface area contributed by atoms with Crippen LogP contribution in [0.3, 0.4) is 0 Å². The van der Waals surface area contributed by atoms with Crippen molar-refractivity contribution < 1.29 is 9.26 Å². The van der Waals surface area contributed by atoms with E-state index in [2.05, 4.69) is 20.6 Å². The van der Waals surface area contributed by atoms with E-state index >= 15 is 0 Å². The number of morpholine rings is 1. The zero-order valence-electron chi connectivity index (χ0n) is 10.4. The van der Waals surface area contributed by atoms with Crippen molar-refractivity contribution >= 4 is 0 Å². The van der Waals surface area contributed by atoms with Gasteiger partial charge in [0.1, 0.15) is 0 Å². The van der Waals surface area contributed by atoms with E-state index in [4.69, 9.17) is 9.26 Å². The molecule has 1 aliphatic rings. The van der Waals surface area contributed by atoms with E-state index in [9.17, 15) is 0 Å². The molecule has 1 unspecified atom stereocenters. The first-order chi connectivity index (χ1) is 8.74. The maximum atomic E-state index is 5.38. The third-order valence-corrected chi connectivity index (χ3v) is 2.92. The molecule has 1 N–H and O–H groups in total. The number of ether oxygens (including phenoxy) is 1. The van der Waals surface area contributed by atoms with Crippen LogP contribution in [-0.2, 0) is 11.8 Å². The Morgan fingerprint density at radius 2 is 2.39 bits per heavy atom. The summed E-state index contributed by atoms with van der Waals surface area (Å²) >= 11 is 0. The molecule has 1 atom stereocenters. The lowest BCUT2D eigenvalue weighted by Gasteiger charge is -2.20. The molecular weight excluding hydrogens is 234 g/mol. The molecule has 1 saturated heterocycles. The number of hydrogen-bond acceptors (Lipinski definition) is 6. The molecule has 7 nitrogen and oxygen atoms in total. The lowest BCUT2D eigenvalue weighted by Crippen LogP contribution is -2.35. The minimum Gasteiger partial charge on any atom is -0.378 e. The molecule has 0 aliphatic carbocycles. The van der Waals surface area contributed by atoms with Crippen molar-refractivity contribution in [3.8, 4) is 11.5 Å². The quantitative estimate of drug-likeness (QED) is 0.832. The van der Waals surface area contributed by atoms with Gasteiger partial charge in [-0.05, 0) is 6.92 Å². The molecule has 7 heteroatoms. The fraction of sp³-hybridized carbons (Fsp3) is 0.545. The summed E-state index contributed by atoms with van der Waals surface area (Å²) in [5, 5.41) is 11.5. The van der Waals surface area contributed by atoms with Crippen molar-refractivity contribution in [2.24, 2.45) is 7.05 Å². The van der Waals surface area contributed by atoms with Gasteiger partial charge in [-0.15, -0.1) is 0 Å². The first kappa shape index (κ1) is 11.4. The Morgan fingerprint density at radius 1 is 1.50 bits per heavy atom. The molecule has 1 aliphatic heterocycles. The van der Waals surface area contributed by atoms with E-state index in [1.54, 1.807) is 4.68 Å². The number of aryl methyl sites for hydroxylation is 2. The van der Waals surface area contributed by atoms with E-state index in [0.29, 0.717) is 18.3 Å². The zero-order valence-corrected chi connectivity index (χ0v) is 10.4. The van der Waals surface area contributed by atoms with Crippen LogP contribution in [0.5, 0.6) is 0 Å². The molecule has 0 amide bonds. The van der Waals surface area contributed by atoms with Gasteiger partial charge >= 0.3 is 0 Å². The molecule has 3 rings (SSSR count). The highest BCUT2D eigenvalue weighted by molar-refractivity contribution is 5.54. The lowest BCUT2D eigenvalue weighted by molar-refractivity contribution is 0.0734. The van der Waals surface area contributed by atoms with Gasteiger partial charge < -0.3 is 14.6 Å². The van der Waals surface area contributed by atoms with Crippen molar-refractivity contribution in [3.05, 3.63) is 17.7 Å². The van der Waals surface area contributed by atoms with Gasteiger partial charge in [0.15, 0.2) is 5.82 Å². The molecule has 3 heterocycles. The van der Waals surface area contributed by atoms with Gasteiger partial charge in [-0.3, -0.25) is 4.68 Å². The summed E-state index contributed by atoms with van der Waals surface area (Å²) in [4.78, 5) is 4.40. The summed E-state index contributed by atoms with van der Waals surface area (Å²) in [6.45, 7) is 4.02. The average molecular weight is 249 g/mol. The van der Waals surface area contributed by atoms with E-state index in [0.717, 1.165) is 24.4 Å². The van der Waals surface area contributed by atoms with Crippen molar-refractivity contribution in [2.45, 2.75) is 13.0 Å². The Morgan fingerprint density at radius 3 is 3.06 bits per heavy atom. The van der Waals surface area contributed by atoms with Crippen LogP contribution in [0, 0.1) is 6.92 Å². The first-order valence-electron chi connectivity index (χ1n) is 5.89. The van der Waals surface area contributed by atoms with Crippen molar-refractivity contribution in [1.29, 1.82) is 0 Å². The molecule has 0 radical (unpaired) electrons. The molecule has 0 bridgehead atoms. The summed E-state index contributed by atoms with van der Waals surface area (Å²) < 4.78 is 12.4. The Bertz CT molecular complexity index is 541. The summed E-state index contributed by atoms with van der Waals surface area (Å²) in [5.41, 5.74) is 1.74. The van der Waals surface area contributed by atoms with Crippen LogP contribution in [0.25, 0.3) is 11.5 Å². The third kappa shape index (κ3) is 2.02. The second-order valence-corrected chi connectivity index (χ2v) is 4.34. The Balaban J connectivity index is 1.86. The molecule has 0 spiro atoms. The molecule has 2 aromatic rings. The highest BCUT2D eigenvalue weighted by Crippen LogP contribution is 2.22. The van der Waals surface area contributed by atoms with Gasteiger partial charge in [0.05, 0.1) is 30.5 Å². The van der Waals surface area contributed by atoms with Crippen molar-refractivity contribution in [3.63, 3.8) is 0 Å². The summed E-state index contributed by atoms with van der Waals surface area (Å²) in [6, 6.07) is 0.00762. The van der Waals surface area contributed by atoms with Gasteiger partial charge in [0.2, 0.25) is 0 Å². The van der Waals surface area contributed by atoms with Crippen LogP contribution in [0.15, 0.2) is 10.7 Å². The molecule has 96 valence electrons. The van der Waals surface area contributed by atoms with Gasteiger partial charge in [-0.25, -0.2) is 0 Å². The fourth-order valence-corrected chi connectivity index (χ4v) is 2.03. The van der Waals surface area contributed by atoms with Crippen LogP contribution in [0.4, 0.5) is 0 Å². The van der Waals surface area contributed by atoms with Gasteiger partial charge in [-0.2, -0.15) is 10.1 Å². The van der Waals surface area contributed by atoms with Crippen molar-refractivity contribution in [1.82, 2.24) is 25.2 Å². The standard InChI is InChI=1S/C11H15N5O2/c1-7-8(5-16(2)14-7)11-13-10(15-18-11)9-6-17-4-3-12-9/h5,9,12H,3-4,6H2,1-2H3. The normalized spacial score (nSPS) is 20.2. The predicted octanol–water partition coefficient (Wildman–Crippen LogP) is 0.439. The maximum absolute atomic E-state index is 5.38. The second kappa shape index (κ2) is 4.51. The molecule has 1 fully saturated rings. The first-order valence-corrected chi connectivity index (χ1v) is 5.89. The number of nitrogens with one attached hydrogen (secondary N) is 1. The van der Waals surface area contributed by atoms with Gasteiger partial charge in [-0.1, -0.05) is 5.16 Å². The number of rotatable bonds is 2. The number of aromatic nitrogens is 4. The van der Waals surface area contributed by atoms with Crippen LogP contribution >= 0.6 is 0 Å². The van der Waals surface area contributed by atoms with E-state index in [-0.39, 0.29) is 6.04 Å². The zero-order chi connectivity index (χ0) is 12.5. The summed E-state index contributed by atoms with van der Waals surface area (Å²) in [5.74, 6) is 1.14. The van der Waals surface area contributed by atoms with E-state index < -0.39 is 0 Å². The largest absolute Gasteiger partial charge is 0.378 e. The Kier molecular flexibility index (Phi) is 2.85. The van der Waals surface area contributed by atoms with E-state index in [1.807, 2.05) is 20.2 Å². The monoisotopic (exact) mass is 249 g/mol. The lowest BCUT2D eigenvalue weighted by atomic mass is 10.2. The fourth-order valence-electron chi connectivity index (χ4n) is 2.03. The maximum Gasteiger partial charge on any atom is 0.261 e. The third-order valence-electron chi connectivity index (χ3n) is 2.92. The highest BCUT2D eigenvalue weighted by atomic mass is 16.5. The minimum absolute atomic E-state index is 0.00762. The number of hydrogen-bond donors (Lipinski definition) is 1. The molecule has 2 aromatic heterocycles. The molecular formula is C11H15N5O2. The number of nitrogens with zero attached hydrogens (tertiary/aromatic N) is 4. The van der Waals surface area contributed by atoms with Crippen LogP contribution in [0.2, 0.25) is 0 Å². The van der Waals surface area contributed by atoms with Crippen LogP contribution < -0.4 is 5.32 Å². The smallest absolute Gasteiger partial charge is 0.261 e. The highest BCUT2D eigenvalue weighted by Gasteiger charge is 2.22. The Labute approximate surface area is 104 Å². The van der Waals surface area contributed by atoms with E-state index in [1.165, 1.54) is 0 Å². The SMILES string of the molecule is Cc1nn(C)cc1-c1nc(C2COCCN2)no1. The van der Waals surface area contributed by atoms with Gasteiger partial charge in [0.25, 0.3) is 5.89 Å². The molecule has 0 saturated carbocycles. The second-order valence-electron chi connectivity index (χ2n) is 4.34. The molecule has 18 heavy (non-hydrogen) atoms. The minimum atomic E-state index is 0.00762. The predicted molar refractivity (Wildman–Crippen MR) is 62.8 cm³/mol. The van der Waals surface area contributed by atoms with Gasteiger partial charge in [0, 0.05) is 19.8 Å². The van der Waals surface area contributed by atoms with Crippen molar-refractivity contribution in [2.75, 3.05) is 19.8 Å². The Hall–Kier alpha value is -1.73. The topological polar surface area (TPSA) is 78.0 Å². The summed E-state index contributed by atoms with van der Waals surface area (Å²) in [7, 11) is 1.87. The molecule has 0 aromatic carbocycles. The summed E-state index contributed by atoms with van der Waals surface area (Å²) in [6.07, 6.45) is 1.87. The average Bonchev–Trinajstić information content (AvgIpc) is 2.97. The van der Waals surface area contributed by atoms with Crippen LogP contribution in [0.1, 0.15) is 17.6 Å². The van der Waals surface area contributed by atoms with Crippen LogP contribution in [-0.4, -0.2) is 39.7 Å².